The van der Waals surface area contributed by atoms with Gasteiger partial charge in [0, 0.05) is 35.9 Å². The SMILES string of the molecule is C/C(=C(/C)c1ccc(Cn2ccnc2)c(O)c1)c1ccc(Cn2ccnc2)c(O)c1. The molecule has 30 heavy (non-hydrogen) atoms. The molecule has 0 bridgehead atoms. The molecule has 2 aromatic heterocycles. The molecule has 0 saturated carbocycles. The first-order chi connectivity index (χ1) is 14.5. The van der Waals surface area contributed by atoms with Crippen molar-refractivity contribution in [3.8, 4) is 11.5 Å². The van der Waals surface area contributed by atoms with E-state index in [1.165, 1.54) is 0 Å². The molecule has 0 unspecified atom stereocenters. The van der Waals surface area contributed by atoms with Crippen LogP contribution in [0, 0.1) is 0 Å². The Kier molecular flexibility index (Phi) is 5.39. The van der Waals surface area contributed by atoms with Gasteiger partial charge in [0.15, 0.2) is 0 Å². The van der Waals surface area contributed by atoms with Gasteiger partial charge in [-0.1, -0.05) is 24.3 Å². The highest BCUT2D eigenvalue weighted by Crippen LogP contribution is 2.31. The van der Waals surface area contributed by atoms with Crippen molar-refractivity contribution in [3.63, 3.8) is 0 Å². The van der Waals surface area contributed by atoms with Crippen molar-refractivity contribution in [2.45, 2.75) is 26.9 Å². The van der Waals surface area contributed by atoms with E-state index in [4.69, 9.17) is 0 Å². The van der Waals surface area contributed by atoms with Gasteiger partial charge >= 0.3 is 0 Å². The summed E-state index contributed by atoms with van der Waals surface area (Å²) in [7, 11) is 0. The summed E-state index contributed by atoms with van der Waals surface area (Å²) in [5.74, 6) is 0.513. The van der Waals surface area contributed by atoms with Gasteiger partial charge in [-0.3, -0.25) is 0 Å². The van der Waals surface area contributed by atoms with Gasteiger partial charge in [0.1, 0.15) is 11.5 Å². The number of aromatic nitrogens is 4. The summed E-state index contributed by atoms with van der Waals surface area (Å²) < 4.78 is 3.83. The third-order valence-electron chi connectivity index (χ3n) is 5.42. The van der Waals surface area contributed by atoms with Crippen LogP contribution in [0.15, 0.2) is 73.8 Å². The first kappa shape index (κ1) is 19.5. The van der Waals surface area contributed by atoms with Crippen molar-refractivity contribution in [2.75, 3.05) is 0 Å². The van der Waals surface area contributed by atoms with Crippen molar-refractivity contribution >= 4 is 11.1 Å². The fraction of sp³-hybridized carbons (Fsp3) is 0.167. The molecule has 0 atom stereocenters. The first-order valence-corrected chi connectivity index (χ1v) is 9.75. The lowest BCUT2D eigenvalue weighted by molar-refractivity contribution is 0.465. The monoisotopic (exact) mass is 400 g/mol. The number of imidazole rings is 2. The number of benzene rings is 2. The van der Waals surface area contributed by atoms with Gasteiger partial charge in [-0.15, -0.1) is 0 Å². The van der Waals surface area contributed by atoms with Crippen molar-refractivity contribution < 1.29 is 10.2 Å². The molecule has 0 amide bonds. The van der Waals surface area contributed by atoms with Crippen LogP contribution in [0.4, 0.5) is 0 Å². The van der Waals surface area contributed by atoms with E-state index < -0.39 is 0 Å². The predicted octanol–water partition coefficient (Wildman–Crippen LogP) is 4.54. The number of phenolic OH excluding ortho intramolecular Hbond substituents is 2. The minimum Gasteiger partial charge on any atom is -0.508 e. The number of nitrogens with zero attached hydrogens (tertiary/aromatic N) is 4. The van der Waals surface area contributed by atoms with Crippen molar-refractivity contribution in [3.05, 3.63) is 96.1 Å². The summed E-state index contributed by atoms with van der Waals surface area (Å²) in [6, 6.07) is 11.5. The second-order valence-corrected chi connectivity index (χ2v) is 7.41. The van der Waals surface area contributed by atoms with Crippen LogP contribution < -0.4 is 0 Å². The normalized spacial score (nSPS) is 12.1. The van der Waals surface area contributed by atoms with Crippen LogP contribution in [0.2, 0.25) is 0 Å². The maximum Gasteiger partial charge on any atom is 0.121 e. The lowest BCUT2D eigenvalue weighted by atomic mass is 9.95. The van der Waals surface area contributed by atoms with Crippen LogP contribution in [0.1, 0.15) is 36.1 Å². The highest BCUT2D eigenvalue weighted by Gasteiger charge is 2.10. The molecule has 0 aliphatic carbocycles. The Morgan fingerprint density at radius 1 is 0.733 bits per heavy atom. The molecule has 2 heterocycles. The minimum absolute atomic E-state index is 0.256. The number of phenols is 2. The average Bonchev–Trinajstić information content (AvgIpc) is 3.44. The largest absolute Gasteiger partial charge is 0.508 e. The van der Waals surface area contributed by atoms with E-state index >= 15 is 0 Å². The molecular formula is C24H24N4O2. The molecule has 152 valence electrons. The van der Waals surface area contributed by atoms with Gasteiger partial charge in [0.2, 0.25) is 0 Å². The molecule has 6 heteroatoms. The summed E-state index contributed by atoms with van der Waals surface area (Å²) >= 11 is 0. The van der Waals surface area contributed by atoms with E-state index in [9.17, 15) is 10.2 Å². The Bertz CT molecular complexity index is 1080. The third-order valence-corrected chi connectivity index (χ3v) is 5.42. The van der Waals surface area contributed by atoms with Gasteiger partial charge < -0.3 is 19.3 Å². The fourth-order valence-electron chi connectivity index (χ4n) is 3.45. The Balaban J connectivity index is 1.58. The van der Waals surface area contributed by atoms with Crippen molar-refractivity contribution in [1.29, 1.82) is 0 Å². The lowest BCUT2D eigenvalue weighted by Gasteiger charge is -2.13. The van der Waals surface area contributed by atoms with Crippen LogP contribution in [-0.2, 0) is 13.1 Å². The Morgan fingerprint density at radius 2 is 1.17 bits per heavy atom. The van der Waals surface area contributed by atoms with Gasteiger partial charge in [0.25, 0.3) is 0 Å². The second kappa shape index (κ2) is 8.29. The van der Waals surface area contributed by atoms with E-state index in [-0.39, 0.29) is 11.5 Å². The second-order valence-electron chi connectivity index (χ2n) is 7.41. The summed E-state index contributed by atoms with van der Waals surface area (Å²) in [5.41, 5.74) is 5.65. The standard InChI is InChI=1S/C24H24N4O2/c1-17(19-3-5-21(23(29)11-19)13-27-9-7-25-15-27)18(2)20-4-6-22(24(30)12-20)14-28-10-8-26-16-28/h3-12,15-16,29-30H,13-14H2,1-2H3/b18-17+. The maximum absolute atomic E-state index is 10.5. The van der Waals surface area contributed by atoms with Crippen molar-refractivity contribution in [2.24, 2.45) is 0 Å². The van der Waals surface area contributed by atoms with Gasteiger partial charge in [-0.25, -0.2) is 9.97 Å². The Labute approximate surface area is 175 Å². The molecular weight excluding hydrogens is 376 g/mol. The summed E-state index contributed by atoms with van der Waals surface area (Å²) in [5, 5.41) is 21.0. The summed E-state index contributed by atoms with van der Waals surface area (Å²) in [4.78, 5) is 8.07. The highest BCUT2D eigenvalue weighted by molar-refractivity contribution is 5.89. The average molecular weight is 400 g/mol. The van der Waals surface area contributed by atoms with Crippen molar-refractivity contribution in [1.82, 2.24) is 19.1 Å². The number of hydrogen-bond acceptors (Lipinski definition) is 4. The van der Waals surface area contributed by atoms with E-state index in [2.05, 4.69) is 9.97 Å². The molecule has 4 rings (SSSR count). The molecule has 0 saturated heterocycles. The van der Waals surface area contributed by atoms with E-state index in [1.54, 1.807) is 37.2 Å². The molecule has 4 aromatic rings. The maximum atomic E-state index is 10.5. The molecule has 6 nitrogen and oxygen atoms in total. The van der Waals surface area contributed by atoms with Crippen LogP contribution in [0.3, 0.4) is 0 Å². The van der Waals surface area contributed by atoms with Gasteiger partial charge in [-0.05, 0) is 48.3 Å². The van der Waals surface area contributed by atoms with Crippen LogP contribution >= 0.6 is 0 Å². The number of rotatable bonds is 6. The molecule has 2 N–H and O–H groups in total. The Morgan fingerprint density at radius 3 is 1.50 bits per heavy atom. The zero-order valence-corrected chi connectivity index (χ0v) is 17.0. The Hall–Kier alpha value is -3.80. The number of allylic oxidation sites excluding steroid dienone is 2. The smallest absolute Gasteiger partial charge is 0.121 e. The first-order valence-electron chi connectivity index (χ1n) is 9.75. The van der Waals surface area contributed by atoms with Gasteiger partial charge in [0.05, 0.1) is 25.7 Å². The summed E-state index contributed by atoms with van der Waals surface area (Å²) in [6.07, 6.45) is 10.6. The molecule has 0 aliphatic heterocycles. The third kappa shape index (κ3) is 4.12. The van der Waals surface area contributed by atoms with Gasteiger partial charge in [-0.2, -0.15) is 0 Å². The minimum atomic E-state index is 0.256. The number of aromatic hydroxyl groups is 2. The quantitative estimate of drug-likeness (QED) is 0.466. The number of hydrogen-bond donors (Lipinski definition) is 2. The topological polar surface area (TPSA) is 76.1 Å². The fourth-order valence-corrected chi connectivity index (χ4v) is 3.45. The predicted molar refractivity (Wildman–Crippen MR) is 117 cm³/mol. The lowest BCUT2D eigenvalue weighted by Crippen LogP contribution is -1.98. The van der Waals surface area contributed by atoms with Crippen LogP contribution in [0.5, 0.6) is 11.5 Å². The zero-order chi connectivity index (χ0) is 21.1. The van der Waals surface area contributed by atoms with E-state index in [0.29, 0.717) is 13.1 Å². The zero-order valence-electron chi connectivity index (χ0n) is 17.0. The molecule has 0 fully saturated rings. The van der Waals surface area contributed by atoms with E-state index in [0.717, 1.165) is 33.4 Å². The van der Waals surface area contributed by atoms with E-state index in [1.807, 2.05) is 59.6 Å². The summed E-state index contributed by atoms with van der Waals surface area (Å²) in [6.45, 7) is 5.19. The molecule has 2 aromatic carbocycles. The van der Waals surface area contributed by atoms with Crippen LogP contribution in [-0.4, -0.2) is 29.3 Å². The molecule has 0 aliphatic rings. The molecule has 0 radical (unpaired) electrons. The van der Waals surface area contributed by atoms with Crippen LogP contribution in [0.25, 0.3) is 11.1 Å². The highest BCUT2D eigenvalue weighted by atomic mass is 16.3. The molecule has 0 spiro atoms.